The van der Waals surface area contributed by atoms with Gasteiger partial charge in [-0.05, 0) is 159 Å². The van der Waals surface area contributed by atoms with Gasteiger partial charge in [0.15, 0.2) is 0 Å². The molecule has 11 rings (SSSR count). The summed E-state index contributed by atoms with van der Waals surface area (Å²) in [6, 6.07) is 104. The summed E-state index contributed by atoms with van der Waals surface area (Å²) in [5, 5.41) is 2.43. The molecule has 0 saturated carbocycles. The van der Waals surface area contributed by atoms with E-state index in [4.69, 9.17) is 0 Å². The van der Waals surface area contributed by atoms with Crippen molar-refractivity contribution in [2.75, 3.05) is 14.7 Å². The predicted octanol–water partition coefficient (Wildman–Crippen LogP) is 18.5. The monoisotopic (exact) mass is 883 g/mol. The normalized spacial score (nSPS) is 10.9. The van der Waals surface area contributed by atoms with Crippen LogP contribution in [0.25, 0.3) is 33.5 Å². The fourth-order valence-electron chi connectivity index (χ4n) is 9.37. The predicted molar refractivity (Wildman–Crippen MR) is 293 cm³/mol. The second kappa shape index (κ2) is 19.7. The number of hydrogen-bond donors (Lipinski definition) is 0. The SMILES string of the molecule is C(=C(c1ccccc1)c1ccccc1)c1ccc(-c2ccc(N(c3ccc(N(c4ccccc4)c4ccccc4)cc3)c3ccc(N(c4ccccc4)c4ccccc4)cc3)cc2)c2ccccc12. The number of hydrogen-bond acceptors (Lipinski definition) is 3. The molecule has 0 aliphatic carbocycles. The molecule has 0 heterocycles. The molecule has 0 unspecified atom stereocenters. The van der Waals surface area contributed by atoms with Gasteiger partial charge in [-0.1, -0.05) is 182 Å². The van der Waals surface area contributed by atoms with Crippen LogP contribution in [0.15, 0.2) is 291 Å². The van der Waals surface area contributed by atoms with Crippen molar-refractivity contribution in [2.45, 2.75) is 0 Å². The van der Waals surface area contributed by atoms with Crippen molar-refractivity contribution in [3.63, 3.8) is 0 Å². The maximum absolute atomic E-state index is 2.35. The van der Waals surface area contributed by atoms with Gasteiger partial charge in [0.1, 0.15) is 0 Å². The summed E-state index contributed by atoms with van der Waals surface area (Å²) in [6.07, 6.45) is 2.34. The first-order valence-corrected chi connectivity index (χ1v) is 23.5. The summed E-state index contributed by atoms with van der Waals surface area (Å²) in [5.41, 5.74) is 16.8. The Kier molecular flexibility index (Phi) is 12.1. The smallest absolute Gasteiger partial charge is 0.0463 e. The third kappa shape index (κ3) is 9.05. The van der Waals surface area contributed by atoms with Crippen LogP contribution in [0, 0.1) is 0 Å². The van der Waals surface area contributed by atoms with E-state index in [1.807, 2.05) is 0 Å². The van der Waals surface area contributed by atoms with E-state index in [1.165, 1.54) is 38.6 Å². The average Bonchev–Trinajstić information content (AvgIpc) is 3.43. The highest BCUT2D eigenvalue weighted by molar-refractivity contribution is 6.05. The van der Waals surface area contributed by atoms with Crippen molar-refractivity contribution in [1.82, 2.24) is 0 Å². The molecule has 0 aromatic heterocycles. The van der Waals surface area contributed by atoms with Gasteiger partial charge in [-0.3, -0.25) is 0 Å². The van der Waals surface area contributed by atoms with Crippen LogP contribution in [0.3, 0.4) is 0 Å². The summed E-state index contributed by atoms with van der Waals surface area (Å²) in [7, 11) is 0. The second-order valence-electron chi connectivity index (χ2n) is 17.0. The van der Waals surface area contributed by atoms with Crippen molar-refractivity contribution in [3.8, 4) is 11.1 Å². The minimum atomic E-state index is 1.05. The Labute approximate surface area is 405 Å². The van der Waals surface area contributed by atoms with Gasteiger partial charge in [0.2, 0.25) is 0 Å². The largest absolute Gasteiger partial charge is 0.311 e. The van der Waals surface area contributed by atoms with Crippen LogP contribution >= 0.6 is 0 Å². The van der Waals surface area contributed by atoms with Gasteiger partial charge >= 0.3 is 0 Å². The molecule has 0 aliphatic rings. The van der Waals surface area contributed by atoms with E-state index in [9.17, 15) is 0 Å². The molecule has 0 atom stereocenters. The first-order chi connectivity index (χ1) is 34.2. The highest BCUT2D eigenvalue weighted by atomic mass is 15.2. The molecule has 3 heteroatoms. The van der Waals surface area contributed by atoms with E-state index in [0.29, 0.717) is 0 Å². The van der Waals surface area contributed by atoms with Crippen LogP contribution in [0.2, 0.25) is 0 Å². The summed E-state index contributed by atoms with van der Waals surface area (Å²) in [6.45, 7) is 0. The molecule has 0 spiro atoms. The van der Waals surface area contributed by atoms with E-state index in [2.05, 4.69) is 312 Å². The van der Waals surface area contributed by atoms with Crippen molar-refractivity contribution in [3.05, 3.63) is 308 Å². The number of rotatable bonds is 13. The topological polar surface area (TPSA) is 9.72 Å². The van der Waals surface area contributed by atoms with Gasteiger partial charge in [0, 0.05) is 51.2 Å². The fourth-order valence-corrected chi connectivity index (χ4v) is 9.37. The molecule has 11 aromatic rings. The van der Waals surface area contributed by atoms with Crippen LogP contribution in [-0.4, -0.2) is 0 Å². The number of nitrogens with zero attached hydrogens (tertiary/aromatic N) is 3. The molecule has 11 aromatic carbocycles. The Morgan fingerprint density at radius 3 is 0.855 bits per heavy atom. The maximum atomic E-state index is 2.35. The van der Waals surface area contributed by atoms with Crippen molar-refractivity contribution in [2.24, 2.45) is 0 Å². The molecule has 0 N–H and O–H groups in total. The van der Waals surface area contributed by atoms with Gasteiger partial charge in [0.05, 0.1) is 0 Å². The minimum absolute atomic E-state index is 1.05. The molecule has 0 fully saturated rings. The van der Waals surface area contributed by atoms with E-state index in [0.717, 1.165) is 56.7 Å². The molecule has 0 amide bonds. The average molecular weight is 884 g/mol. The quantitative estimate of drug-likeness (QED) is 0.107. The number of anilines is 9. The third-order valence-electron chi connectivity index (χ3n) is 12.7. The van der Waals surface area contributed by atoms with Crippen molar-refractivity contribution < 1.29 is 0 Å². The van der Waals surface area contributed by atoms with Crippen LogP contribution in [0.4, 0.5) is 51.2 Å². The third-order valence-corrected chi connectivity index (χ3v) is 12.7. The van der Waals surface area contributed by atoms with E-state index in [1.54, 1.807) is 0 Å². The van der Waals surface area contributed by atoms with E-state index in [-0.39, 0.29) is 0 Å². The van der Waals surface area contributed by atoms with Crippen LogP contribution in [-0.2, 0) is 0 Å². The first-order valence-electron chi connectivity index (χ1n) is 23.5. The second-order valence-corrected chi connectivity index (χ2v) is 17.0. The highest BCUT2D eigenvalue weighted by Crippen LogP contribution is 2.42. The lowest BCUT2D eigenvalue weighted by atomic mass is 9.91. The molecule has 0 radical (unpaired) electrons. The fraction of sp³-hybridized carbons (Fsp3) is 0. The van der Waals surface area contributed by atoms with Crippen LogP contribution in [0.1, 0.15) is 16.7 Å². The Morgan fingerprint density at radius 2 is 0.507 bits per heavy atom. The molecule has 0 bridgehead atoms. The minimum Gasteiger partial charge on any atom is -0.311 e. The molecular weight excluding hydrogens is 835 g/mol. The lowest BCUT2D eigenvalue weighted by Crippen LogP contribution is -2.13. The highest BCUT2D eigenvalue weighted by Gasteiger charge is 2.19. The Bertz CT molecular complexity index is 3190. The van der Waals surface area contributed by atoms with Crippen molar-refractivity contribution in [1.29, 1.82) is 0 Å². The standard InChI is InChI=1S/C66H49N3/c1-7-21-50(22-8-1)66(51-23-9-2-10-24-51)49-53-37-48-64(65-34-20-19-33-63(53)65)52-35-38-58(39-36-52)69(61-44-40-59(41-45-61)67(54-25-11-3-12-26-54)55-27-13-4-14-28-55)62-46-42-60(43-47-62)68(56-29-15-5-16-30-56)57-31-17-6-18-32-57/h1-49H. The summed E-state index contributed by atoms with van der Waals surface area (Å²) >= 11 is 0. The van der Waals surface area contributed by atoms with E-state index < -0.39 is 0 Å². The van der Waals surface area contributed by atoms with Crippen molar-refractivity contribution >= 4 is 73.6 Å². The van der Waals surface area contributed by atoms with Gasteiger partial charge in [-0.15, -0.1) is 0 Å². The molecule has 0 aliphatic heterocycles. The summed E-state index contributed by atoms with van der Waals surface area (Å²) in [5.74, 6) is 0. The molecular formula is C66H49N3. The van der Waals surface area contributed by atoms with Crippen LogP contribution in [0.5, 0.6) is 0 Å². The summed E-state index contributed by atoms with van der Waals surface area (Å²) in [4.78, 5) is 6.95. The van der Waals surface area contributed by atoms with Gasteiger partial charge in [0.25, 0.3) is 0 Å². The Morgan fingerprint density at radius 1 is 0.232 bits per heavy atom. The first kappa shape index (κ1) is 42.5. The van der Waals surface area contributed by atoms with Gasteiger partial charge in [-0.2, -0.15) is 0 Å². The zero-order valence-electron chi connectivity index (χ0n) is 38.1. The number of benzene rings is 11. The summed E-state index contributed by atoms with van der Waals surface area (Å²) < 4.78 is 0. The Hall–Kier alpha value is -9.18. The zero-order valence-corrected chi connectivity index (χ0v) is 38.1. The van der Waals surface area contributed by atoms with Gasteiger partial charge < -0.3 is 14.7 Å². The van der Waals surface area contributed by atoms with Crippen LogP contribution < -0.4 is 14.7 Å². The van der Waals surface area contributed by atoms with Gasteiger partial charge in [-0.25, -0.2) is 0 Å². The zero-order chi connectivity index (χ0) is 46.2. The molecule has 328 valence electrons. The Balaban J connectivity index is 0.987. The molecule has 0 saturated heterocycles. The lowest BCUT2D eigenvalue weighted by molar-refractivity contribution is 1.24. The van der Waals surface area contributed by atoms with E-state index >= 15 is 0 Å². The molecule has 3 nitrogen and oxygen atoms in total. The number of fused-ring (bicyclic) bond motifs is 1. The maximum Gasteiger partial charge on any atom is 0.0463 e. The lowest BCUT2D eigenvalue weighted by Gasteiger charge is -2.29. The molecule has 69 heavy (non-hydrogen) atoms. The number of para-hydroxylation sites is 4.